The van der Waals surface area contributed by atoms with Gasteiger partial charge in [0.05, 0.1) is 4.83 Å². The largest absolute Gasteiger partial charge is 0.419 e. The van der Waals surface area contributed by atoms with Crippen LogP contribution in [0.2, 0.25) is 0 Å². The van der Waals surface area contributed by atoms with E-state index in [1.807, 2.05) is 6.92 Å². The topological polar surface area (TPSA) is 38.9 Å². The number of hydrogen-bond acceptors (Lipinski definition) is 3. The molecule has 0 fully saturated rings. The van der Waals surface area contributed by atoms with Crippen LogP contribution in [0.3, 0.4) is 0 Å². The van der Waals surface area contributed by atoms with Crippen LogP contribution in [-0.2, 0) is 0 Å². The number of benzene rings is 1. The van der Waals surface area contributed by atoms with Crippen LogP contribution in [0, 0.1) is 17.5 Å². The molecule has 0 radical (unpaired) electrons. The summed E-state index contributed by atoms with van der Waals surface area (Å²) in [5.74, 6) is -3.25. The highest BCUT2D eigenvalue weighted by Gasteiger charge is 2.21. The lowest BCUT2D eigenvalue weighted by Crippen LogP contribution is -1.92. The molecule has 1 heterocycles. The fraction of sp³-hybridized carbons (Fsp3) is 0.273. The van der Waals surface area contributed by atoms with Crippen molar-refractivity contribution in [3.63, 3.8) is 0 Å². The molecule has 0 spiro atoms. The first-order valence-corrected chi connectivity index (χ1v) is 6.07. The zero-order chi connectivity index (χ0) is 13.3. The second-order valence-corrected chi connectivity index (χ2v) is 4.67. The number of rotatable bonds is 3. The van der Waals surface area contributed by atoms with Crippen molar-refractivity contribution >= 4 is 15.9 Å². The third-order valence-electron chi connectivity index (χ3n) is 2.29. The maximum atomic E-state index is 13.5. The Labute approximate surface area is 109 Å². The van der Waals surface area contributed by atoms with Crippen molar-refractivity contribution in [1.82, 2.24) is 10.2 Å². The van der Waals surface area contributed by atoms with Gasteiger partial charge in [0.1, 0.15) is 23.0 Å². The normalized spacial score (nSPS) is 12.7. The van der Waals surface area contributed by atoms with Crippen molar-refractivity contribution in [2.45, 2.75) is 18.2 Å². The van der Waals surface area contributed by atoms with E-state index in [-0.39, 0.29) is 16.6 Å². The van der Waals surface area contributed by atoms with Gasteiger partial charge in [-0.25, -0.2) is 13.2 Å². The minimum absolute atomic E-state index is 0.190. The van der Waals surface area contributed by atoms with Crippen LogP contribution >= 0.6 is 15.9 Å². The van der Waals surface area contributed by atoms with Gasteiger partial charge in [0.15, 0.2) is 0 Å². The molecule has 96 valence electrons. The average molecular weight is 321 g/mol. The van der Waals surface area contributed by atoms with Gasteiger partial charge in [-0.1, -0.05) is 22.9 Å². The maximum absolute atomic E-state index is 13.5. The molecule has 18 heavy (non-hydrogen) atoms. The lowest BCUT2D eigenvalue weighted by Gasteiger charge is -2.01. The van der Waals surface area contributed by atoms with Crippen LogP contribution in [0.25, 0.3) is 11.5 Å². The third-order valence-corrected chi connectivity index (χ3v) is 3.33. The number of nitrogens with zero attached hydrogens (tertiary/aromatic N) is 2. The highest BCUT2D eigenvalue weighted by Crippen LogP contribution is 2.30. The lowest BCUT2D eigenvalue weighted by molar-refractivity contribution is 0.487. The van der Waals surface area contributed by atoms with E-state index < -0.39 is 23.0 Å². The van der Waals surface area contributed by atoms with Gasteiger partial charge < -0.3 is 4.42 Å². The van der Waals surface area contributed by atoms with Crippen molar-refractivity contribution in [2.24, 2.45) is 0 Å². The number of halogens is 4. The summed E-state index contributed by atoms with van der Waals surface area (Å²) in [7, 11) is 0. The van der Waals surface area contributed by atoms with E-state index in [4.69, 9.17) is 4.42 Å². The zero-order valence-corrected chi connectivity index (χ0v) is 10.8. The van der Waals surface area contributed by atoms with Crippen molar-refractivity contribution in [1.29, 1.82) is 0 Å². The molecule has 2 rings (SSSR count). The Balaban J connectivity index is 2.46. The summed E-state index contributed by atoms with van der Waals surface area (Å²) in [5.41, 5.74) is -0.522. The molecule has 2 aromatic rings. The van der Waals surface area contributed by atoms with Crippen molar-refractivity contribution < 1.29 is 17.6 Å². The van der Waals surface area contributed by atoms with E-state index in [9.17, 15) is 13.2 Å². The standard InChI is InChI=1S/C11H8BrF3N2O/c1-2-6(12)10-16-17-11(18-10)9-7(14)3-5(13)4-8(9)15/h3-4,6H,2H2,1H3. The van der Waals surface area contributed by atoms with Crippen LogP contribution in [0.4, 0.5) is 13.2 Å². The van der Waals surface area contributed by atoms with Gasteiger partial charge in [-0.15, -0.1) is 10.2 Å². The first-order valence-electron chi connectivity index (χ1n) is 5.15. The van der Waals surface area contributed by atoms with Crippen molar-refractivity contribution in [3.05, 3.63) is 35.5 Å². The second kappa shape index (κ2) is 5.09. The van der Waals surface area contributed by atoms with E-state index in [0.29, 0.717) is 18.6 Å². The van der Waals surface area contributed by atoms with Crippen LogP contribution in [0.15, 0.2) is 16.5 Å². The minimum Gasteiger partial charge on any atom is -0.419 e. The predicted molar refractivity (Wildman–Crippen MR) is 61.6 cm³/mol. The Morgan fingerprint density at radius 3 is 2.39 bits per heavy atom. The molecule has 1 aromatic carbocycles. The molecule has 0 bridgehead atoms. The maximum Gasteiger partial charge on any atom is 0.253 e. The summed E-state index contributed by atoms with van der Waals surface area (Å²) in [4.78, 5) is -0.190. The van der Waals surface area contributed by atoms with Crippen LogP contribution < -0.4 is 0 Å². The molecule has 1 atom stereocenters. The van der Waals surface area contributed by atoms with Gasteiger partial charge in [-0.3, -0.25) is 0 Å². The summed E-state index contributed by atoms with van der Waals surface area (Å²) >= 11 is 3.28. The van der Waals surface area contributed by atoms with E-state index >= 15 is 0 Å². The first kappa shape index (κ1) is 13.1. The molecule has 0 aliphatic rings. The Morgan fingerprint density at radius 2 is 1.83 bits per heavy atom. The van der Waals surface area contributed by atoms with Crippen LogP contribution in [-0.4, -0.2) is 10.2 Å². The predicted octanol–water partition coefficient (Wildman–Crippen LogP) is 4.00. The molecule has 1 unspecified atom stereocenters. The average Bonchev–Trinajstić information content (AvgIpc) is 2.76. The molecule has 0 N–H and O–H groups in total. The number of hydrogen-bond donors (Lipinski definition) is 0. The Bertz CT molecular complexity index is 550. The second-order valence-electron chi connectivity index (χ2n) is 3.57. The zero-order valence-electron chi connectivity index (χ0n) is 9.25. The molecule has 0 aliphatic carbocycles. The first-order chi connectivity index (χ1) is 8.52. The minimum atomic E-state index is -1.08. The molecule has 0 amide bonds. The van der Waals surface area contributed by atoms with Gasteiger partial charge in [0.2, 0.25) is 5.89 Å². The summed E-state index contributed by atoms with van der Waals surface area (Å²) < 4.78 is 44.8. The third kappa shape index (κ3) is 2.40. The smallest absolute Gasteiger partial charge is 0.253 e. The summed E-state index contributed by atoms with van der Waals surface area (Å²) in [6, 6.07) is 1.13. The number of alkyl halides is 1. The van der Waals surface area contributed by atoms with Gasteiger partial charge in [-0.05, 0) is 6.42 Å². The molecule has 0 saturated heterocycles. The Hall–Kier alpha value is -1.37. The fourth-order valence-corrected chi connectivity index (χ4v) is 1.57. The van der Waals surface area contributed by atoms with Crippen LogP contribution in [0.5, 0.6) is 0 Å². The SMILES string of the molecule is CCC(Br)c1nnc(-c2c(F)cc(F)cc2F)o1. The summed E-state index contributed by atoms with van der Waals surface area (Å²) in [6.45, 7) is 1.88. The Morgan fingerprint density at radius 1 is 1.22 bits per heavy atom. The molecule has 1 aromatic heterocycles. The number of aromatic nitrogens is 2. The van der Waals surface area contributed by atoms with Gasteiger partial charge >= 0.3 is 0 Å². The molecule has 0 aliphatic heterocycles. The summed E-state index contributed by atoms with van der Waals surface area (Å²) in [6.07, 6.45) is 0.677. The quantitative estimate of drug-likeness (QED) is 0.802. The molecule has 3 nitrogen and oxygen atoms in total. The highest BCUT2D eigenvalue weighted by molar-refractivity contribution is 9.09. The van der Waals surface area contributed by atoms with E-state index in [1.54, 1.807) is 0 Å². The van der Waals surface area contributed by atoms with Crippen molar-refractivity contribution in [3.8, 4) is 11.5 Å². The van der Waals surface area contributed by atoms with E-state index in [0.717, 1.165) is 0 Å². The summed E-state index contributed by atoms with van der Waals surface area (Å²) in [5, 5.41) is 7.24. The van der Waals surface area contributed by atoms with E-state index in [1.165, 1.54) is 0 Å². The fourth-order valence-electron chi connectivity index (χ4n) is 1.38. The molecule has 7 heteroatoms. The van der Waals surface area contributed by atoms with Gasteiger partial charge in [0, 0.05) is 12.1 Å². The Kier molecular flexibility index (Phi) is 3.70. The van der Waals surface area contributed by atoms with Gasteiger partial charge in [-0.2, -0.15) is 0 Å². The van der Waals surface area contributed by atoms with Gasteiger partial charge in [0.25, 0.3) is 5.89 Å². The van der Waals surface area contributed by atoms with Crippen molar-refractivity contribution in [2.75, 3.05) is 0 Å². The molecular weight excluding hydrogens is 313 g/mol. The molecular formula is C11H8BrF3N2O. The highest BCUT2D eigenvalue weighted by atomic mass is 79.9. The van der Waals surface area contributed by atoms with E-state index in [2.05, 4.69) is 26.1 Å². The molecule has 0 saturated carbocycles. The van der Waals surface area contributed by atoms with Crippen LogP contribution in [0.1, 0.15) is 24.1 Å². The lowest BCUT2D eigenvalue weighted by atomic mass is 10.2. The monoisotopic (exact) mass is 320 g/mol.